The lowest BCUT2D eigenvalue weighted by Gasteiger charge is -2.10. The molecular weight excluding hydrogens is 264 g/mol. The molecule has 0 aliphatic rings. The Morgan fingerprint density at radius 1 is 1.47 bits per heavy atom. The minimum Gasteiger partial charge on any atom is -0.495 e. The summed E-state index contributed by atoms with van der Waals surface area (Å²) in [5, 5.41) is 8.12. The summed E-state index contributed by atoms with van der Waals surface area (Å²) in [6.45, 7) is 2.02. The minimum absolute atomic E-state index is 0.545. The SMILES string of the molecule is CCc1nn(C)c(Nc2ccc(OC)c(Cl)c2)c1N. The van der Waals surface area contributed by atoms with Crippen molar-refractivity contribution in [1.29, 1.82) is 0 Å². The van der Waals surface area contributed by atoms with Crippen LogP contribution in [-0.4, -0.2) is 16.9 Å². The van der Waals surface area contributed by atoms with Gasteiger partial charge in [-0.25, -0.2) is 0 Å². The van der Waals surface area contributed by atoms with Gasteiger partial charge >= 0.3 is 0 Å². The van der Waals surface area contributed by atoms with Gasteiger partial charge in [0.25, 0.3) is 0 Å². The first kappa shape index (κ1) is 13.5. The molecule has 3 N–H and O–H groups in total. The van der Waals surface area contributed by atoms with Crippen molar-refractivity contribution in [3.05, 3.63) is 28.9 Å². The number of benzene rings is 1. The summed E-state index contributed by atoms with van der Waals surface area (Å²) in [7, 11) is 3.43. The summed E-state index contributed by atoms with van der Waals surface area (Å²) in [4.78, 5) is 0. The minimum atomic E-state index is 0.545. The number of halogens is 1. The van der Waals surface area contributed by atoms with Gasteiger partial charge in [0, 0.05) is 12.7 Å². The van der Waals surface area contributed by atoms with Crippen molar-refractivity contribution in [3.63, 3.8) is 0 Å². The van der Waals surface area contributed by atoms with Crippen LogP contribution in [0.25, 0.3) is 0 Å². The highest BCUT2D eigenvalue weighted by molar-refractivity contribution is 6.32. The van der Waals surface area contributed by atoms with Crippen molar-refractivity contribution in [1.82, 2.24) is 9.78 Å². The first-order valence-corrected chi connectivity index (χ1v) is 6.36. The Bertz CT molecular complexity index is 595. The Morgan fingerprint density at radius 3 is 2.74 bits per heavy atom. The summed E-state index contributed by atoms with van der Waals surface area (Å²) in [5.74, 6) is 1.40. The molecule has 0 saturated carbocycles. The molecule has 0 aliphatic heterocycles. The number of hydrogen-bond donors (Lipinski definition) is 2. The fraction of sp³-hybridized carbons (Fsp3) is 0.308. The van der Waals surface area contributed by atoms with Crippen LogP contribution in [0.3, 0.4) is 0 Å². The molecule has 5 nitrogen and oxygen atoms in total. The molecule has 0 aliphatic carbocycles. The number of nitrogen functional groups attached to an aromatic ring is 1. The van der Waals surface area contributed by atoms with Gasteiger partial charge in [-0.05, 0) is 24.6 Å². The average Bonchev–Trinajstić information content (AvgIpc) is 2.66. The van der Waals surface area contributed by atoms with Crippen LogP contribution in [-0.2, 0) is 13.5 Å². The number of hydrogen-bond acceptors (Lipinski definition) is 4. The van der Waals surface area contributed by atoms with Gasteiger partial charge in [0.1, 0.15) is 5.75 Å². The van der Waals surface area contributed by atoms with Crippen LogP contribution in [0.5, 0.6) is 5.75 Å². The number of nitrogens with zero attached hydrogens (tertiary/aromatic N) is 2. The molecule has 102 valence electrons. The van der Waals surface area contributed by atoms with Gasteiger partial charge < -0.3 is 15.8 Å². The van der Waals surface area contributed by atoms with Crippen LogP contribution in [0.1, 0.15) is 12.6 Å². The predicted molar refractivity (Wildman–Crippen MR) is 78.3 cm³/mol. The van der Waals surface area contributed by atoms with Gasteiger partial charge in [-0.15, -0.1) is 0 Å². The molecule has 1 aromatic carbocycles. The molecule has 0 atom stereocenters. The molecule has 0 unspecified atom stereocenters. The second-order valence-electron chi connectivity index (χ2n) is 4.16. The lowest BCUT2D eigenvalue weighted by atomic mass is 10.2. The first-order valence-electron chi connectivity index (χ1n) is 5.98. The topological polar surface area (TPSA) is 65.1 Å². The number of rotatable bonds is 4. The predicted octanol–water partition coefficient (Wildman–Crippen LogP) is 2.97. The zero-order chi connectivity index (χ0) is 14.0. The molecule has 6 heteroatoms. The third-order valence-electron chi connectivity index (χ3n) is 2.91. The highest BCUT2D eigenvalue weighted by atomic mass is 35.5. The Hall–Kier alpha value is -1.88. The maximum absolute atomic E-state index is 6.09. The van der Waals surface area contributed by atoms with E-state index in [1.54, 1.807) is 23.9 Å². The number of aryl methyl sites for hydroxylation is 2. The van der Waals surface area contributed by atoms with Crippen LogP contribution >= 0.6 is 11.6 Å². The fourth-order valence-electron chi connectivity index (χ4n) is 1.89. The van der Waals surface area contributed by atoms with Crippen molar-refractivity contribution in [2.45, 2.75) is 13.3 Å². The third-order valence-corrected chi connectivity index (χ3v) is 3.21. The monoisotopic (exact) mass is 280 g/mol. The van der Waals surface area contributed by atoms with E-state index in [1.807, 2.05) is 20.0 Å². The molecule has 1 heterocycles. The molecule has 2 rings (SSSR count). The maximum atomic E-state index is 6.09. The van der Waals surface area contributed by atoms with E-state index in [9.17, 15) is 0 Å². The van der Waals surface area contributed by atoms with Gasteiger partial charge in [0.05, 0.1) is 23.5 Å². The zero-order valence-corrected chi connectivity index (χ0v) is 12.0. The van der Waals surface area contributed by atoms with Crippen molar-refractivity contribution in [3.8, 4) is 5.75 Å². The number of nitrogens with two attached hydrogens (primary N) is 1. The van der Waals surface area contributed by atoms with E-state index in [0.29, 0.717) is 16.5 Å². The van der Waals surface area contributed by atoms with Crippen molar-refractivity contribution in [2.75, 3.05) is 18.2 Å². The van der Waals surface area contributed by atoms with E-state index < -0.39 is 0 Å². The molecular formula is C13H17ClN4O. The summed E-state index contributed by atoms with van der Waals surface area (Å²) in [6, 6.07) is 5.47. The number of methoxy groups -OCH3 is 1. The molecule has 0 fully saturated rings. The van der Waals surface area contributed by atoms with Crippen LogP contribution < -0.4 is 15.8 Å². The summed E-state index contributed by atoms with van der Waals surface area (Å²) in [6.07, 6.45) is 0.796. The molecule has 19 heavy (non-hydrogen) atoms. The largest absolute Gasteiger partial charge is 0.495 e. The lowest BCUT2D eigenvalue weighted by Crippen LogP contribution is -2.01. The molecule has 0 saturated heterocycles. The van der Waals surface area contributed by atoms with E-state index in [0.717, 1.165) is 23.6 Å². The zero-order valence-electron chi connectivity index (χ0n) is 11.2. The van der Waals surface area contributed by atoms with E-state index in [4.69, 9.17) is 22.1 Å². The summed E-state index contributed by atoms with van der Waals surface area (Å²) >= 11 is 6.09. The fourth-order valence-corrected chi connectivity index (χ4v) is 2.14. The molecule has 0 bridgehead atoms. The molecule has 2 aromatic rings. The third kappa shape index (κ3) is 2.61. The second kappa shape index (κ2) is 5.40. The summed E-state index contributed by atoms with van der Waals surface area (Å²) in [5.41, 5.74) is 8.43. The lowest BCUT2D eigenvalue weighted by molar-refractivity contribution is 0.415. The summed E-state index contributed by atoms with van der Waals surface area (Å²) < 4.78 is 6.85. The maximum Gasteiger partial charge on any atom is 0.152 e. The van der Waals surface area contributed by atoms with Crippen LogP contribution in [0.15, 0.2) is 18.2 Å². The van der Waals surface area contributed by atoms with Gasteiger partial charge in [0.15, 0.2) is 5.82 Å². The quantitative estimate of drug-likeness (QED) is 0.904. The van der Waals surface area contributed by atoms with Gasteiger partial charge in [-0.1, -0.05) is 18.5 Å². The number of aromatic nitrogens is 2. The van der Waals surface area contributed by atoms with E-state index in [-0.39, 0.29) is 0 Å². The van der Waals surface area contributed by atoms with Crippen LogP contribution in [0.2, 0.25) is 5.02 Å². The van der Waals surface area contributed by atoms with Crippen LogP contribution in [0.4, 0.5) is 17.2 Å². The van der Waals surface area contributed by atoms with Crippen molar-refractivity contribution >= 4 is 28.8 Å². The highest BCUT2D eigenvalue weighted by Gasteiger charge is 2.12. The number of anilines is 3. The molecule has 0 spiro atoms. The average molecular weight is 281 g/mol. The Morgan fingerprint density at radius 2 is 2.21 bits per heavy atom. The number of ether oxygens (including phenoxy) is 1. The second-order valence-corrected chi connectivity index (χ2v) is 4.57. The standard InChI is InChI=1S/C13H17ClN4O/c1-4-10-12(15)13(18(2)17-10)16-8-5-6-11(19-3)9(14)7-8/h5-7,16H,4,15H2,1-3H3. The molecule has 0 radical (unpaired) electrons. The van der Waals surface area contributed by atoms with Crippen molar-refractivity contribution < 1.29 is 4.74 Å². The van der Waals surface area contributed by atoms with Crippen molar-refractivity contribution in [2.24, 2.45) is 7.05 Å². The Balaban J connectivity index is 2.31. The Labute approximate surface area is 117 Å². The van der Waals surface area contributed by atoms with E-state index in [2.05, 4.69) is 10.4 Å². The number of nitrogens with one attached hydrogen (secondary N) is 1. The van der Waals surface area contributed by atoms with Gasteiger partial charge in [-0.2, -0.15) is 5.10 Å². The molecule has 0 amide bonds. The highest BCUT2D eigenvalue weighted by Crippen LogP contribution is 2.31. The first-order chi connectivity index (χ1) is 9.06. The smallest absolute Gasteiger partial charge is 0.152 e. The van der Waals surface area contributed by atoms with Gasteiger partial charge in [0.2, 0.25) is 0 Å². The van der Waals surface area contributed by atoms with E-state index >= 15 is 0 Å². The molecule has 1 aromatic heterocycles. The van der Waals surface area contributed by atoms with E-state index in [1.165, 1.54) is 0 Å². The van der Waals surface area contributed by atoms with Gasteiger partial charge in [-0.3, -0.25) is 4.68 Å². The Kier molecular flexibility index (Phi) is 3.85. The van der Waals surface area contributed by atoms with Crippen LogP contribution in [0, 0.1) is 0 Å². The normalized spacial score (nSPS) is 10.5.